The average Bonchev–Trinajstić information content (AvgIpc) is 3.02. The third kappa shape index (κ3) is 4.40. The molecule has 0 aromatic carbocycles. The molecule has 5 nitrogen and oxygen atoms in total. The van der Waals surface area contributed by atoms with Crippen LogP contribution in [0.25, 0.3) is 10.2 Å². The summed E-state index contributed by atoms with van der Waals surface area (Å²) in [5, 5.41) is 4.10. The highest BCUT2D eigenvalue weighted by Gasteiger charge is 2.24. The van der Waals surface area contributed by atoms with Gasteiger partial charge < -0.3 is 5.32 Å². The highest BCUT2D eigenvalue weighted by atomic mass is 32.2. The van der Waals surface area contributed by atoms with Crippen LogP contribution in [0.1, 0.15) is 63.3 Å². The Bertz CT molecular complexity index is 872. The zero-order valence-corrected chi connectivity index (χ0v) is 18.1. The molecule has 7 heteroatoms. The van der Waals surface area contributed by atoms with Gasteiger partial charge in [0, 0.05) is 18.0 Å². The van der Waals surface area contributed by atoms with Gasteiger partial charge in [-0.05, 0) is 51.5 Å². The van der Waals surface area contributed by atoms with Crippen LogP contribution in [-0.4, -0.2) is 27.3 Å². The first kappa shape index (κ1) is 20.4. The molecule has 0 aliphatic heterocycles. The van der Waals surface area contributed by atoms with Crippen molar-refractivity contribution in [3.8, 4) is 0 Å². The monoisotopic (exact) mass is 407 g/mol. The molecule has 0 radical (unpaired) electrons. The lowest BCUT2D eigenvalue weighted by Crippen LogP contribution is -2.32. The first-order valence-corrected chi connectivity index (χ1v) is 11.8. The van der Waals surface area contributed by atoms with Crippen molar-refractivity contribution in [1.82, 2.24) is 14.9 Å². The number of unbranched alkanes of at least 4 members (excludes halogenated alkanes) is 2. The zero-order valence-electron chi connectivity index (χ0n) is 16.5. The van der Waals surface area contributed by atoms with Gasteiger partial charge in [-0.2, -0.15) is 0 Å². The SMILES string of the molecule is CCCCCn1c(SC(C)C(=O)NCC)nc2sc3c(c2c1=O)CCCC3. The first-order valence-electron chi connectivity index (χ1n) is 10.1. The van der Waals surface area contributed by atoms with E-state index in [-0.39, 0.29) is 16.7 Å². The summed E-state index contributed by atoms with van der Waals surface area (Å²) in [5.74, 6) is -0.0116. The van der Waals surface area contributed by atoms with Gasteiger partial charge >= 0.3 is 0 Å². The molecule has 1 amide bonds. The first-order chi connectivity index (χ1) is 13.1. The molecule has 1 N–H and O–H groups in total. The number of amides is 1. The largest absolute Gasteiger partial charge is 0.355 e. The number of thiophene rings is 1. The molecule has 1 aliphatic rings. The maximum absolute atomic E-state index is 13.4. The average molecular weight is 408 g/mol. The van der Waals surface area contributed by atoms with Crippen molar-refractivity contribution in [1.29, 1.82) is 0 Å². The third-order valence-corrected chi connectivity index (χ3v) is 7.30. The Morgan fingerprint density at radius 3 is 2.81 bits per heavy atom. The predicted molar refractivity (Wildman–Crippen MR) is 114 cm³/mol. The van der Waals surface area contributed by atoms with Crippen LogP contribution in [0.4, 0.5) is 0 Å². The summed E-state index contributed by atoms with van der Waals surface area (Å²) in [6.45, 7) is 7.23. The lowest BCUT2D eigenvalue weighted by molar-refractivity contribution is -0.120. The van der Waals surface area contributed by atoms with Gasteiger partial charge in [0.2, 0.25) is 5.91 Å². The van der Waals surface area contributed by atoms with E-state index < -0.39 is 0 Å². The van der Waals surface area contributed by atoms with Crippen molar-refractivity contribution in [2.75, 3.05) is 6.54 Å². The number of nitrogens with zero attached hydrogens (tertiary/aromatic N) is 2. The lowest BCUT2D eigenvalue weighted by atomic mass is 9.97. The number of rotatable bonds is 8. The van der Waals surface area contributed by atoms with Crippen molar-refractivity contribution < 1.29 is 4.79 Å². The smallest absolute Gasteiger partial charge is 0.263 e. The number of fused-ring (bicyclic) bond motifs is 3. The Balaban J connectivity index is 2.03. The number of thioether (sulfide) groups is 1. The Morgan fingerprint density at radius 1 is 1.30 bits per heavy atom. The Hall–Kier alpha value is -1.34. The second-order valence-corrected chi connectivity index (χ2v) is 9.50. The molecule has 1 unspecified atom stereocenters. The van der Waals surface area contributed by atoms with Gasteiger partial charge in [-0.15, -0.1) is 11.3 Å². The summed E-state index contributed by atoms with van der Waals surface area (Å²) in [6.07, 6.45) is 7.54. The lowest BCUT2D eigenvalue weighted by Gasteiger charge is -2.16. The minimum Gasteiger partial charge on any atom is -0.355 e. The van der Waals surface area contributed by atoms with E-state index in [1.165, 1.54) is 28.6 Å². The number of nitrogens with one attached hydrogen (secondary N) is 1. The molecule has 1 atom stereocenters. The molecule has 2 heterocycles. The normalized spacial score (nSPS) is 14.9. The number of aromatic nitrogens is 2. The van der Waals surface area contributed by atoms with Crippen molar-refractivity contribution in [3.63, 3.8) is 0 Å². The van der Waals surface area contributed by atoms with Crippen LogP contribution in [0.2, 0.25) is 0 Å². The van der Waals surface area contributed by atoms with Crippen LogP contribution >= 0.6 is 23.1 Å². The number of hydrogen-bond acceptors (Lipinski definition) is 5. The van der Waals surface area contributed by atoms with Crippen molar-refractivity contribution in [3.05, 3.63) is 20.8 Å². The fraction of sp³-hybridized carbons (Fsp3) is 0.650. The molecule has 0 fully saturated rings. The maximum atomic E-state index is 13.4. The molecule has 27 heavy (non-hydrogen) atoms. The topological polar surface area (TPSA) is 64.0 Å². The van der Waals surface area contributed by atoms with E-state index in [0.29, 0.717) is 18.2 Å². The molecule has 1 aliphatic carbocycles. The fourth-order valence-corrected chi connectivity index (χ4v) is 5.82. The molecule has 0 spiro atoms. The van der Waals surface area contributed by atoms with Crippen molar-refractivity contribution in [2.24, 2.45) is 0 Å². The second kappa shape index (κ2) is 9.24. The summed E-state index contributed by atoms with van der Waals surface area (Å²) in [6, 6.07) is 0. The number of carbonyl (C=O) groups is 1. The maximum Gasteiger partial charge on any atom is 0.263 e. The van der Waals surface area contributed by atoms with Crippen LogP contribution in [0.3, 0.4) is 0 Å². The van der Waals surface area contributed by atoms with E-state index in [1.807, 2.05) is 18.4 Å². The van der Waals surface area contributed by atoms with Gasteiger partial charge in [-0.3, -0.25) is 14.2 Å². The van der Waals surface area contributed by atoms with Gasteiger partial charge in [-0.25, -0.2) is 4.98 Å². The van der Waals surface area contributed by atoms with E-state index in [0.717, 1.165) is 48.7 Å². The van der Waals surface area contributed by atoms with E-state index in [2.05, 4.69) is 12.2 Å². The molecule has 2 aromatic rings. The standard InChI is InChI=1S/C20H29N3O2S2/c1-4-6-9-12-23-19(25)16-14-10-7-8-11-15(14)27-18(16)22-20(23)26-13(3)17(24)21-5-2/h13H,4-12H2,1-3H3,(H,21,24). The quantitative estimate of drug-likeness (QED) is 0.406. The van der Waals surface area contributed by atoms with Gasteiger partial charge in [0.15, 0.2) is 5.16 Å². The minimum absolute atomic E-state index is 0.0116. The summed E-state index contributed by atoms with van der Waals surface area (Å²) < 4.78 is 1.82. The number of carbonyl (C=O) groups excluding carboxylic acids is 1. The van der Waals surface area contributed by atoms with Gasteiger partial charge in [0.25, 0.3) is 5.56 Å². The molecule has 0 saturated heterocycles. The Morgan fingerprint density at radius 2 is 2.07 bits per heavy atom. The summed E-state index contributed by atoms with van der Waals surface area (Å²) in [4.78, 5) is 32.6. The van der Waals surface area contributed by atoms with Crippen LogP contribution in [0.5, 0.6) is 0 Å². The Kier molecular flexibility index (Phi) is 6.98. The Labute approximate surface area is 169 Å². The highest BCUT2D eigenvalue weighted by molar-refractivity contribution is 8.00. The van der Waals surface area contributed by atoms with Crippen molar-refractivity contribution in [2.45, 2.75) is 82.7 Å². The van der Waals surface area contributed by atoms with Gasteiger partial charge in [-0.1, -0.05) is 31.5 Å². The summed E-state index contributed by atoms with van der Waals surface area (Å²) >= 11 is 3.07. The molecule has 3 rings (SSSR count). The van der Waals surface area contributed by atoms with Crippen LogP contribution in [0.15, 0.2) is 9.95 Å². The molecule has 0 saturated carbocycles. The second-order valence-electron chi connectivity index (χ2n) is 7.10. The zero-order chi connectivity index (χ0) is 19.4. The molecular formula is C20H29N3O2S2. The van der Waals surface area contributed by atoms with E-state index in [1.54, 1.807) is 11.3 Å². The predicted octanol–water partition coefficient (Wildman–Crippen LogP) is 4.14. The minimum atomic E-state index is -0.277. The molecular weight excluding hydrogens is 378 g/mol. The van der Waals surface area contributed by atoms with Crippen LogP contribution < -0.4 is 10.9 Å². The fourth-order valence-electron chi connectivity index (χ4n) is 3.56. The van der Waals surface area contributed by atoms with Crippen LogP contribution in [-0.2, 0) is 24.2 Å². The molecule has 2 aromatic heterocycles. The third-order valence-electron chi connectivity index (χ3n) is 5.03. The van der Waals surface area contributed by atoms with E-state index in [9.17, 15) is 9.59 Å². The van der Waals surface area contributed by atoms with Gasteiger partial charge in [0.05, 0.1) is 10.6 Å². The number of aryl methyl sites for hydroxylation is 2. The summed E-state index contributed by atoms with van der Waals surface area (Å²) in [7, 11) is 0. The van der Waals surface area contributed by atoms with E-state index >= 15 is 0 Å². The molecule has 0 bridgehead atoms. The highest BCUT2D eigenvalue weighted by Crippen LogP contribution is 2.35. The van der Waals surface area contributed by atoms with Gasteiger partial charge in [0.1, 0.15) is 4.83 Å². The van der Waals surface area contributed by atoms with Crippen LogP contribution in [0, 0.1) is 0 Å². The van der Waals surface area contributed by atoms with Crippen molar-refractivity contribution >= 4 is 39.2 Å². The van der Waals surface area contributed by atoms with E-state index in [4.69, 9.17) is 4.98 Å². The summed E-state index contributed by atoms with van der Waals surface area (Å²) in [5.41, 5.74) is 1.32. The molecule has 148 valence electrons. The number of hydrogen-bond donors (Lipinski definition) is 1.